The zero-order valence-electron chi connectivity index (χ0n) is 23.2. The van der Waals surface area contributed by atoms with Crippen LogP contribution in [-0.2, 0) is 24.4 Å². The summed E-state index contributed by atoms with van der Waals surface area (Å²) in [5, 5.41) is 8.35. The Labute approximate surface area is 244 Å². The van der Waals surface area contributed by atoms with Gasteiger partial charge in [-0.2, -0.15) is 14.4 Å². The van der Waals surface area contributed by atoms with Gasteiger partial charge in [0.25, 0.3) is 5.91 Å². The Bertz CT molecular complexity index is 1670. The molecule has 2 heterocycles. The van der Waals surface area contributed by atoms with Crippen LogP contribution in [0.2, 0.25) is 0 Å². The van der Waals surface area contributed by atoms with Crippen molar-refractivity contribution in [1.29, 1.82) is 0 Å². The maximum absolute atomic E-state index is 13.4. The van der Waals surface area contributed by atoms with Gasteiger partial charge in [0.1, 0.15) is 11.8 Å². The van der Waals surface area contributed by atoms with Crippen molar-refractivity contribution >= 4 is 51.0 Å². The first-order valence-corrected chi connectivity index (χ1v) is 15.0. The molecule has 2 aliphatic rings. The molecule has 1 saturated heterocycles. The lowest BCUT2D eigenvalue weighted by Gasteiger charge is -2.33. The minimum absolute atomic E-state index is 0.0276. The highest BCUT2D eigenvalue weighted by Gasteiger charge is 2.39. The fourth-order valence-corrected chi connectivity index (χ4v) is 6.54. The Balaban J connectivity index is 1.28. The largest absolute Gasteiger partial charge is 0.425 e. The van der Waals surface area contributed by atoms with Gasteiger partial charge >= 0.3 is 5.97 Å². The number of piperidine rings is 1. The zero-order valence-corrected chi connectivity index (χ0v) is 24.0. The number of esters is 1. The minimum Gasteiger partial charge on any atom is -0.425 e. The summed E-state index contributed by atoms with van der Waals surface area (Å²) in [6.45, 7) is 3.33. The van der Waals surface area contributed by atoms with Crippen LogP contribution in [0.25, 0.3) is 6.08 Å². The molecule has 0 bridgehead atoms. The van der Waals surface area contributed by atoms with Crippen molar-refractivity contribution in [2.45, 2.75) is 44.0 Å². The molecule has 2 aliphatic heterocycles. The molecule has 1 unspecified atom stereocenters. The molecule has 3 aromatic rings. The molecule has 2 amide bonds. The smallest absolute Gasteiger partial charge is 0.329 e. The summed E-state index contributed by atoms with van der Waals surface area (Å²) < 4.78 is 33.7. The van der Waals surface area contributed by atoms with Gasteiger partial charge in [-0.25, -0.2) is 13.2 Å². The number of amides is 2. The fourth-order valence-electron chi connectivity index (χ4n) is 4.89. The van der Waals surface area contributed by atoms with Gasteiger partial charge < -0.3 is 10.1 Å². The van der Waals surface area contributed by atoms with Crippen LogP contribution in [0.15, 0.2) is 94.4 Å². The third-order valence-corrected chi connectivity index (χ3v) is 8.90. The minimum atomic E-state index is -3.98. The molecule has 0 radical (unpaired) electrons. The van der Waals surface area contributed by atoms with Crippen LogP contribution in [0.1, 0.15) is 38.7 Å². The van der Waals surface area contributed by atoms with Gasteiger partial charge in [0.2, 0.25) is 15.9 Å². The molecule has 0 spiro atoms. The van der Waals surface area contributed by atoms with Crippen LogP contribution in [0.5, 0.6) is 5.75 Å². The number of hydrogen-bond acceptors (Lipinski definition) is 7. The highest BCUT2D eigenvalue weighted by Crippen LogP contribution is 2.29. The molecule has 0 saturated carbocycles. The Morgan fingerprint density at radius 3 is 2.33 bits per heavy atom. The quantitative estimate of drug-likeness (QED) is 0.245. The molecule has 11 heteroatoms. The van der Waals surface area contributed by atoms with Crippen molar-refractivity contribution in [2.24, 2.45) is 5.10 Å². The van der Waals surface area contributed by atoms with Gasteiger partial charge in [-0.05, 0) is 86.4 Å². The van der Waals surface area contributed by atoms with Crippen molar-refractivity contribution in [3.05, 3.63) is 90.0 Å². The summed E-state index contributed by atoms with van der Waals surface area (Å²) in [5.41, 5.74) is 2.91. The number of carbonyl (C=O) groups is 3. The molecule has 1 fully saturated rings. The predicted octanol–water partition coefficient (Wildman–Crippen LogP) is 4.60. The molecule has 10 nitrogen and oxygen atoms in total. The van der Waals surface area contributed by atoms with E-state index in [4.69, 9.17) is 4.74 Å². The maximum Gasteiger partial charge on any atom is 0.329 e. The van der Waals surface area contributed by atoms with Gasteiger partial charge in [0, 0.05) is 19.2 Å². The van der Waals surface area contributed by atoms with Crippen molar-refractivity contribution in [3.8, 4) is 5.75 Å². The average Bonchev–Trinajstić information content (AvgIpc) is 3.27. The summed E-state index contributed by atoms with van der Waals surface area (Å²) in [6.07, 6.45) is 3.38. The second-order valence-electron chi connectivity index (χ2n) is 10.0. The molecule has 1 N–H and O–H groups in total. The van der Waals surface area contributed by atoms with E-state index >= 15 is 0 Å². The Morgan fingerprint density at radius 1 is 0.976 bits per heavy atom. The first kappa shape index (κ1) is 28.9. The van der Waals surface area contributed by atoms with Crippen LogP contribution >= 0.6 is 0 Å². The summed E-state index contributed by atoms with van der Waals surface area (Å²) >= 11 is 0. The standard InChI is InChI=1S/C31H30N4O6S/c1-21-28(30(37)35(33-21)25-8-4-3-5-9-25)20-23-11-15-26(16-12-23)41-31(38)29-10-6-7-19-34(29)42(39,40)27-17-13-24(14-18-27)32-22(2)36/h3-5,8-9,11-18,20,29H,6-7,10,19H2,1-2H3,(H,32,36)/b28-20-. The van der Waals surface area contributed by atoms with E-state index in [1.165, 1.54) is 40.5 Å². The first-order valence-electron chi connectivity index (χ1n) is 13.5. The number of nitrogens with one attached hydrogen (secondary N) is 1. The first-order chi connectivity index (χ1) is 20.1. The number of anilines is 2. The monoisotopic (exact) mass is 586 g/mol. The van der Waals surface area contributed by atoms with Crippen molar-refractivity contribution in [2.75, 3.05) is 16.9 Å². The Kier molecular flexibility index (Phi) is 8.32. The molecule has 0 aliphatic carbocycles. The number of benzene rings is 3. The lowest BCUT2D eigenvalue weighted by molar-refractivity contribution is -0.139. The molecule has 3 aromatic carbocycles. The molecule has 216 valence electrons. The summed E-state index contributed by atoms with van der Waals surface area (Å²) in [5.74, 6) is -0.900. The fraction of sp³-hybridized carbons (Fsp3) is 0.226. The molecule has 42 heavy (non-hydrogen) atoms. The molecule has 0 aromatic heterocycles. The van der Waals surface area contributed by atoms with Crippen molar-refractivity contribution in [1.82, 2.24) is 4.31 Å². The highest BCUT2D eigenvalue weighted by atomic mass is 32.2. The number of para-hydroxylation sites is 1. The Morgan fingerprint density at radius 2 is 1.67 bits per heavy atom. The van der Waals surface area contributed by atoms with E-state index < -0.39 is 22.0 Å². The SMILES string of the molecule is CC(=O)Nc1ccc(S(=O)(=O)N2CCCCC2C(=O)Oc2ccc(/C=C3\C(=O)N(c4ccccc4)N=C3C)cc2)cc1. The average molecular weight is 587 g/mol. The van der Waals surface area contributed by atoms with E-state index in [1.54, 1.807) is 37.3 Å². The number of carbonyl (C=O) groups excluding carboxylic acids is 3. The van der Waals surface area contributed by atoms with Gasteiger partial charge in [0.05, 0.1) is 21.9 Å². The van der Waals surface area contributed by atoms with Gasteiger partial charge in [-0.15, -0.1) is 0 Å². The summed E-state index contributed by atoms with van der Waals surface area (Å²) in [7, 11) is -3.98. The second-order valence-corrected chi connectivity index (χ2v) is 11.9. The number of sulfonamides is 1. The summed E-state index contributed by atoms with van der Waals surface area (Å²) in [4.78, 5) is 37.5. The van der Waals surface area contributed by atoms with Gasteiger partial charge in [-0.3, -0.25) is 9.59 Å². The van der Waals surface area contributed by atoms with Crippen molar-refractivity contribution < 1.29 is 27.5 Å². The van der Waals surface area contributed by atoms with E-state index in [9.17, 15) is 22.8 Å². The van der Waals surface area contributed by atoms with E-state index in [0.717, 1.165) is 0 Å². The second kappa shape index (κ2) is 12.1. The number of nitrogens with zero attached hydrogens (tertiary/aromatic N) is 3. The van der Waals surface area contributed by atoms with E-state index in [1.807, 2.05) is 30.3 Å². The number of rotatable bonds is 7. The van der Waals surface area contributed by atoms with E-state index in [2.05, 4.69) is 10.4 Å². The molecular weight excluding hydrogens is 556 g/mol. The third kappa shape index (κ3) is 6.17. The highest BCUT2D eigenvalue weighted by molar-refractivity contribution is 7.89. The van der Waals surface area contributed by atoms with Gasteiger partial charge in [-0.1, -0.05) is 30.3 Å². The summed E-state index contributed by atoms with van der Waals surface area (Å²) in [6, 6.07) is 20.7. The van der Waals surface area contributed by atoms with E-state index in [-0.39, 0.29) is 29.0 Å². The van der Waals surface area contributed by atoms with Crippen LogP contribution in [0.4, 0.5) is 11.4 Å². The number of hydrogen-bond donors (Lipinski definition) is 1. The number of ether oxygens (including phenoxy) is 1. The predicted molar refractivity (Wildman–Crippen MR) is 159 cm³/mol. The molecule has 1 atom stereocenters. The van der Waals surface area contributed by atoms with Crippen LogP contribution < -0.4 is 15.1 Å². The topological polar surface area (TPSA) is 125 Å². The lowest BCUT2D eigenvalue weighted by atomic mass is 10.1. The van der Waals surface area contributed by atoms with Crippen molar-refractivity contribution in [3.63, 3.8) is 0 Å². The van der Waals surface area contributed by atoms with Gasteiger partial charge in [0.15, 0.2) is 0 Å². The van der Waals surface area contributed by atoms with Crippen LogP contribution in [0.3, 0.4) is 0 Å². The van der Waals surface area contributed by atoms with Crippen LogP contribution in [-0.4, -0.2) is 48.8 Å². The van der Waals surface area contributed by atoms with E-state index in [0.29, 0.717) is 47.5 Å². The molecule has 5 rings (SSSR count). The Hall–Kier alpha value is -4.61. The molecular formula is C31H30N4O6S. The zero-order chi connectivity index (χ0) is 29.9. The number of hydrazone groups is 1. The maximum atomic E-state index is 13.4. The lowest BCUT2D eigenvalue weighted by Crippen LogP contribution is -2.49. The van der Waals surface area contributed by atoms with Crippen LogP contribution in [0, 0.1) is 0 Å². The third-order valence-electron chi connectivity index (χ3n) is 6.98. The normalized spacial score (nSPS) is 18.6.